The molecule has 72 valence electrons. The summed E-state index contributed by atoms with van der Waals surface area (Å²) in [5.74, 6) is -0.187. The fourth-order valence-corrected chi connectivity index (χ4v) is 1.20. The molecule has 1 N–H and O–H groups in total. The molecule has 14 heavy (non-hydrogen) atoms. The first kappa shape index (κ1) is 13.8. The first-order valence-electron chi connectivity index (χ1n) is 3.43. The molecule has 0 radical (unpaired) electrons. The molecule has 0 bridgehead atoms. The molecule has 0 spiro atoms. The van der Waals surface area contributed by atoms with Crippen molar-refractivity contribution in [3.8, 4) is 0 Å². The Morgan fingerprint density at radius 1 is 1.29 bits per heavy atom. The van der Waals surface area contributed by atoms with Crippen LogP contribution in [-0.2, 0) is 10.3 Å². The standard InChI is InChI=1S/C6H9N3O3S.Na/c1-4-3-5(2)8-6(7-4)9-13(10,11)12;/h3H,1-2H3,(H,7,8,9)(H,10,11,12);/q;+1/p-1. The molecule has 0 saturated heterocycles. The van der Waals surface area contributed by atoms with Gasteiger partial charge < -0.3 is 4.55 Å². The Bertz CT molecular complexity index is 400. The van der Waals surface area contributed by atoms with E-state index in [1.165, 1.54) is 0 Å². The number of aromatic nitrogens is 2. The minimum atomic E-state index is -4.54. The Balaban J connectivity index is 0.00000169. The summed E-state index contributed by atoms with van der Waals surface area (Å²) in [6.45, 7) is 3.36. The molecule has 0 fully saturated rings. The van der Waals surface area contributed by atoms with Gasteiger partial charge in [0.05, 0.1) is 0 Å². The maximum Gasteiger partial charge on any atom is 1.00 e. The fourth-order valence-electron chi connectivity index (χ4n) is 0.883. The second-order valence-corrected chi connectivity index (χ2v) is 3.64. The molecule has 1 aromatic rings. The van der Waals surface area contributed by atoms with Crippen molar-refractivity contribution in [2.45, 2.75) is 13.8 Å². The molecule has 0 amide bonds. The van der Waals surface area contributed by atoms with Gasteiger partial charge in [-0.2, -0.15) is 0 Å². The van der Waals surface area contributed by atoms with Crippen LogP contribution in [0.3, 0.4) is 0 Å². The van der Waals surface area contributed by atoms with Gasteiger partial charge in [0.25, 0.3) is 0 Å². The monoisotopic (exact) mass is 225 g/mol. The van der Waals surface area contributed by atoms with Crippen molar-refractivity contribution in [1.82, 2.24) is 9.97 Å². The minimum absolute atomic E-state index is 0. The van der Waals surface area contributed by atoms with Crippen LogP contribution in [0, 0.1) is 13.8 Å². The third-order valence-electron chi connectivity index (χ3n) is 1.20. The third-order valence-corrected chi connectivity index (χ3v) is 1.63. The molecule has 6 nitrogen and oxygen atoms in total. The Kier molecular flexibility index (Phi) is 4.96. The van der Waals surface area contributed by atoms with Crippen molar-refractivity contribution in [3.05, 3.63) is 17.5 Å². The maximum atomic E-state index is 10.3. The van der Waals surface area contributed by atoms with Gasteiger partial charge in [-0.3, -0.25) is 4.72 Å². The third kappa shape index (κ3) is 4.87. The predicted octanol–water partition coefficient (Wildman–Crippen LogP) is -3.03. The Morgan fingerprint density at radius 3 is 2.07 bits per heavy atom. The molecule has 1 rings (SSSR count). The van der Waals surface area contributed by atoms with Gasteiger partial charge in [0.1, 0.15) is 0 Å². The molecule has 0 unspecified atom stereocenters. The van der Waals surface area contributed by atoms with Crippen LogP contribution in [0.15, 0.2) is 6.07 Å². The van der Waals surface area contributed by atoms with Crippen molar-refractivity contribution in [1.29, 1.82) is 0 Å². The van der Waals surface area contributed by atoms with E-state index in [-0.39, 0.29) is 35.5 Å². The summed E-state index contributed by atoms with van der Waals surface area (Å²) in [4.78, 5) is 7.44. The van der Waals surface area contributed by atoms with Crippen LogP contribution in [-0.4, -0.2) is 22.9 Å². The quantitative estimate of drug-likeness (QED) is 0.426. The van der Waals surface area contributed by atoms with Crippen LogP contribution >= 0.6 is 0 Å². The van der Waals surface area contributed by atoms with Gasteiger partial charge in [-0.15, -0.1) is 0 Å². The summed E-state index contributed by atoms with van der Waals surface area (Å²) in [6, 6.07) is 1.67. The van der Waals surface area contributed by atoms with Gasteiger partial charge >= 0.3 is 29.6 Å². The number of hydrogen-bond acceptors (Lipinski definition) is 5. The summed E-state index contributed by atoms with van der Waals surface area (Å²) in [6.07, 6.45) is 0. The van der Waals surface area contributed by atoms with Crippen molar-refractivity contribution in [3.63, 3.8) is 0 Å². The van der Waals surface area contributed by atoms with Crippen molar-refractivity contribution < 1.29 is 42.5 Å². The second-order valence-electron chi connectivity index (χ2n) is 2.53. The maximum absolute atomic E-state index is 10.3. The number of rotatable bonds is 2. The summed E-state index contributed by atoms with van der Waals surface area (Å²) in [7, 11) is -4.54. The van der Waals surface area contributed by atoms with Gasteiger partial charge in [0, 0.05) is 11.4 Å². The minimum Gasteiger partial charge on any atom is -0.731 e. The molecule has 0 aliphatic rings. The Labute approximate surface area is 104 Å². The molecule has 1 heterocycles. The molecule has 0 aliphatic carbocycles. The van der Waals surface area contributed by atoms with Crippen molar-refractivity contribution in [2.75, 3.05) is 4.72 Å². The number of nitrogens with one attached hydrogen (secondary N) is 1. The van der Waals surface area contributed by atoms with Crippen molar-refractivity contribution in [2.24, 2.45) is 0 Å². The van der Waals surface area contributed by atoms with Gasteiger partial charge in [0.2, 0.25) is 5.95 Å². The average Bonchev–Trinajstić information content (AvgIpc) is 1.78. The average molecular weight is 225 g/mol. The number of hydrogen-bond donors (Lipinski definition) is 1. The topological polar surface area (TPSA) is 95.0 Å². The zero-order valence-corrected chi connectivity index (χ0v) is 10.9. The molecular formula is C6H8N3NaO3S. The fraction of sp³-hybridized carbons (Fsp3) is 0.333. The summed E-state index contributed by atoms with van der Waals surface area (Å²) in [5, 5.41) is 0. The van der Waals surface area contributed by atoms with Crippen molar-refractivity contribution >= 4 is 16.3 Å². The van der Waals surface area contributed by atoms with E-state index in [1.54, 1.807) is 24.6 Å². The largest absolute Gasteiger partial charge is 1.00 e. The second kappa shape index (κ2) is 5.04. The first-order valence-corrected chi connectivity index (χ1v) is 4.83. The molecule has 0 saturated carbocycles. The van der Waals surface area contributed by atoms with E-state index in [4.69, 9.17) is 0 Å². The summed E-state index contributed by atoms with van der Waals surface area (Å²) in [5.41, 5.74) is 1.19. The van der Waals surface area contributed by atoms with Gasteiger partial charge in [0.15, 0.2) is 10.3 Å². The summed E-state index contributed by atoms with van der Waals surface area (Å²) < 4.78 is 32.5. The summed E-state index contributed by atoms with van der Waals surface area (Å²) >= 11 is 0. The van der Waals surface area contributed by atoms with Crippen LogP contribution in [0.25, 0.3) is 0 Å². The van der Waals surface area contributed by atoms with Gasteiger partial charge in [-0.05, 0) is 19.9 Å². The number of nitrogens with zero attached hydrogens (tertiary/aromatic N) is 2. The van der Waals surface area contributed by atoms with E-state index in [0.29, 0.717) is 11.4 Å². The van der Waals surface area contributed by atoms with Crippen LogP contribution < -0.4 is 34.3 Å². The van der Waals surface area contributed by atoms with E-state index in [9.17, 15) is 13.0 Å². The Morgan fingerprint density at radius 2 is 1.71 bits per heavy atom. The number of anilines is 1. The van der Waals surface area contributed by atoms with Crippen LogP contribution in [0.4, 0.5) is 5.95 Å². The molecule has 0 aliphatic heterocycles. The SMILES string of the molecule is Cc1cc(C)nc(NS(=O)(=O)[O-])n1.[Na+]. The molecular weight excluding hydrogens is 217 g/mol. The number of aryl methyl sites for hydroxylation is 2. The van der Waals surface area contributed by atoms with Crippen LogP contribution in [0.1, 0.15) is 11.4 Å². The molecule has 0 atom stereocenters. The zero-order chi connectivity index (χ0) is 10.1. The molecule has 1 aromatic heterocycles. The van der Waals surface area contributed by atoms with E-state index in [1.807, 2.05) is 0 Å². The smallest absolute Gasteiger partial charge is 0.731 e. The van der Waals surface area contributed by atoms with Crippen LogP contribution in [0.2, 0.25) is 0 Å². The van der Waals surface area contributed by atoms with E-state index in [2.05, 4.69) is 9.97 Å². The zero-order valence-electron chi connectivity index (χ0n) is 8.10. The van der Waals surface area contributed by atoms with Gasteiger partial charge in [-0.1, -0.05) is 0 Å². The van der Waals surface area contributed by atoms with Gasteiger partial charge in [-0.25, -0.2) is 18.4 Å². The van der Waals surface area contributed by atoms with E-state index >= 15 is 0 Å². The predicted molar refractivity (Wildman–Crippen MR) is 44.8 cm³/mol. The van der Waals surface area contributed by atoms with E-state index in [0.717, 1.165) is 0 Å². The van der Waals surface area contributed by atoms with Crippen LogP contribution in [0.5, 0.6) is 0 Å². The first-order chi connectivity index (χ1) is 5.87. The Hall–Kier alpha value is -0.210. The molecule has 0 aromatic carbocycles. The van der Waals surface area contributed by atoms with E-state index < -0.39 is 10.3 Å². The normalized spacial score (nSPS) is 10.5. The molecule has 8 heteroatoms.